The van der Waals surface area contributed by atoms with E-state index in [0.717, 1.165) is 31.6 Å². The Morgan fingerprint density at radius 2 is 2.11 bits per heavy atom. The van der Waals surface area contributed by atoms with Crippen LogP contribution in [0, 0.1) is 0 Å². The highest BCUT2D eigenvalue weighted by Crippen LogP contribution is 2.19. The molecule has 0 atom stereocenters. The van der Waals surface area contributed by atoms with Gasteiger partial charge in [0.05, 0.1) is 0 Å². The van der Waals surface area contributed by atoms with E-state index < -0.39 is 0 Å². The quantitative estimate of drug-likeness (QED) is 0.729. The van der Waals surface area contributed by atoms with E-state index in [1.165, 1.54) is 5.56 Å². The van der Waals surface area contributed by atoms with Gasteiger partial charge in [0.1, 0.15) is 5.75 Å². The molecule has 0 radical (unpaired) electrons. The van der Waals surface area contributed by atoms with E-state index in [9.17, 15) is 4.79 Å². The first kappa shape index (κ1) is 15.5. The van der Waals surface area contributed by atoms with Gasteiger partial charge in [-0.3, -0.25) is 4.79 Å². The molecular formula is C16H25NO2. The second-order valence-electron chi connectivity index (χ2n) is 5.07. The summed E-state index contributed by atoms with van der Waals surface area (Å²) in [6.45, 7) is 7.25. The summed E-state index contributed by atoms with van der Waals surface area (Å²) in [7, 11) is 0. The molecule has 0 aliphatic carbocycles. The molecule has 0 aliphatic heterocycles. The van der Waals surface area contributed by atoms with E-state index in [2.05, 4.69) is 32.2 Å². The van der Waals surface area contributed by atoms with Crippen LogP contribution >= 0.6 is 0 Å². The predicted molar refractivity (Wildman–Crippen MR) is 78.6 cm³/mol. The van der Waals surface area contributed by atoms with Gasteiger partial charge >= 0.3 is 0 Å². The maximum Gasteiger partial charge on any atom is 0.257 e. The van der Waals surface area contributed by atoms with Gasteiger partial charge < -0.3 is 10.1 Å². The summed E-state index contributed by atoms with van der Waals surface area (Å²) < 4.78 is 5.50. The van der Waals surface area contributed by atoms with Gasteiger partial charge in [0.2, 0.25) is 0 Å². The highest BCUT2D eigenvalue weighted by Gasteiger charge is 2.04. The number of hydrogen-bond donors (Lipinski definition) is 1. The van der Waals surface area contributed by atoms with E-state index in [-0.39, 0.29) is 12.5 Å². The van der Waals surface area contributed by atoms with Crippen LogP contribution in [-0.2, 0) is 4.79 Å². The molecule has 1 rings (SSSR count). The molecule has 1 amide bonds. The fourth-order valence-electron chi connectivity index (χ4n) is 1.77. The first-order chi connectivity index (χ1) is 9.13. The van der Waals surface area contributed by atoms with Crippen LogP contribution in [0.5, 0.6) is 5.75 Å². The summed E-state index contributed by atoms with van der Waals surface area (Å²) >= 11 is 0. The lowest BCUT2D eigenvalue weighted by atomic mass is 10.0. The second kappa shape index (κ2) is 8.57. The van der Waals surface area contributed by atoms with Crippen molar-refractivity contribution in [1.29, 1.82) is 0 Å². The van der Waals surface area contributed by atoms with Gasteiger partial charge in [-0.25, -0.2) is 0 Å². The van der Waals surface area contributed by atoms with Crippen LogP contribution in [0.25, 0.3) is 0 Å². The molecule has 0 fully saturated rings. The number of carbonyl (C=O) groups is 1. The van der Waals surface area contributed by atoms with Crippen LogP contribution in [0.2, 0.25) is 0 Å². The summed E-state index contributed by atoms with van der Waals surface area (Å²) in [5, 5.41) is 2.86. The standard InChI is InChI=1S/C16H25NO2/c1-4-5-6-10-17-16(18)12-19-15-9-7-8-14(11-15)13(2)3/h7-9,11,13H,4-6,10,12H2,1-3H3,(H,17,18). The molecule has 3 heteroatoms. The number of amides is 1. The van der Waals surface area contributed by atoms with Crippen LogP contribution in [0.15, 0.2) is 24.3 Å². The maximum absolute atomic E-state index is 11.6. The van der Waals surface area contributed by atoms with Gasteiger partial charge in [-0.1, -0.05) is 45.7 Å². The smallest absolute Gasteiger partial charge is 0.257 e. The SMILES string of the molecule is CCCCCNC(=O)COc1cccc(C(C)C)c1. The van der Waals surface area contributed by atoms with Gasteiger partial charge in [-0.05, 0) is 30.0 Å². The molecule has 0 spiro atoms. The Morgan fingerprint density at radius 1 is 1.32 bits per heavy atom. The van der Waals surface area contributed by atoms with Crippen molar-refractivity contribution in [2.24, 2.45) is 0 Å². The molecule has 0 heterocycles. The molecule has 3 nitrogen and oxygen atoms in total. The summed E-state index contributed by atoms with van der Waals surface area (Å²) in [5.74, 6) is 1.17. The number of hydrogen-bond acceptors (Lipinski definition) is 2. The van der Waals surface area contributed by atoms with Gasteiger partial charge in [-0.15, -0.1) is 0 Å². The van der Waals surface area contributed by atoms with Gasteiger partial charge in [0, 0.05) is 6.54 Å². The molecule has 0 saturated carbocycles. The van der Waals surface area contributed by atoms with Crippen molar-refractivity contribution in [1.82, 2.24) is 5.32 Å². The minimum atomic E-state index is -0.0500. The monoisotopic (exact) mass is 263 g/mol. The lowest BCUT2D eigenvalue weighted by Gasteiger charge is -2.10. The Kier molecular flexibility index (Phi) is 7.01. The number of ether oxygens (including phenoxy) is 1. The Bertz CT molecular complexity index is 388. The Hall–Kier alpha value is -1.51. The van der Waals surface area contributed by atoms with Gasteiger partial charge in [-0.2, -0.15) is 0 Å². The topological polar surface area (TPSA) is 38.3 Å². The van der Waals surface area contributed by atoms with Crippen LogP contribution in [0.4, 0.5) is 0 Å². The van der Waals surface area contributed by atoms with Crippen LogP contribution in [0.3, 0.4) is 0 Å². The fourth-order valence-corrected chi connectivity index (χ4v) is 1.77. The number of unbranched alkanes of at least 4 members (excludes halogenated alkanes) is 2. The van der Waals surface area contributed by atoms with Crippen molar-refractivity contribution in [3.63, 3.8) is 0 Å². The molecule has 0 saturated heterocycles. The molecule has 19 heavy (non-hydrogen) atoms. The van der Waals surface area contributed by atoms with Crippen molar-refractivity contribution in [2.45, 2.75) is 46.0 Å². The predicted octanol–water partition coefficient (Wildman–Crippen LogP) is 3.50. The number of nitrogens with one attached hydrogen (secondary N) is 1. The van der Waals surface area contributed by atoms with Crippen molar-refractivity contribution >= 4 is 5.91 Å². The van der Waals surface area contributed by atoms with Crippen molar-refractivity contribution in [3.8, 4) is 5.75 Å². The van der Waals surface area contributed by atoms with E-state index in [0.29, 0.717) is 5.92 Å². The highest BCUT2D eigenvalue weighted by atomic mass is 16.5. The van der Waals surface area contributed by atoms with E-state index >= 15 is 0 Å². The molecule has 1 aromatic carbocycles. The maximum atomic E-state index is 11.6. The van der Waals surface area contributed by atoms with Gasteiger partial charge in [0.25, 0.3) is 5.91 Å². The summed E-state index contributed by atoms with van der Waals surface area (Å²) in [6, 6.07) is 7.91. The third-order valence-electron chi connectivity index (χ3n) is 3.00. The Morgan fingerprint density at radius 3 is 2.79 bits per heavy atom. The second-order valence-corrected chi connectivity index (χ2v) is 5.07. The first-order valence-corrected chi connectivity index (χ1v) is 7.13. The molecule has 0 aromatic heterocycles. The molecular weight excluding hydrogens is 238 g/mol. The Balaban J connectivity index is 2.31. The largest absolute Gasteiger partial charge is 0.484 e. The zero-order valence-electron chi connectivity index (χ0n) is 12.2. The third kappa shape index (κ3) is 6.27. The van der Waals surface area contributed by atoms with Crippen molar-refractivity contribution in [3.05, 3.63) is 29.8 Å². The lowest BCUT2D eigenvalue weighted by Crippen LogP contribution is -2.29. The molecule has 0 bridgehead atoms. The highest BCUT2D eigenvalue weighted by molar-refractivity contribution is 5.77. The van der Waals surface area contributed by atoms with Crippen LogP contribution in [0.1, 0.15) is 51.5 Å². The number of benzene rings is 1. The zero-order valence-corrected chi connectivity index (χ0v) is 12.2. The molecule has 0 unspecified atom stereocenters. The Labute approximate surface area is 116 Å². The number of carbonyl (C=O) groups excluding carboxylic acids is 1. The van der Waals surface area contributed by atoms with Crippen molar-refractivity contribution < 1.29 is 9.53 Å². The third-order valence-corrected chi connectivity index (χ3v) is 3.00. The fraction of sp³-hybridized carbons (Fsp3) is 0.562. The lowest BCUT2D eigenvalue weighted by molar-refractivity contribution is -0.123. The van der Waals surface area contributed by atoms with Crippen LogP contribution in [-0.4, -0.2) is 19.1 Å². The molecule has 1 aromatic rings. The summed E-state index contributed by atoms with van der Waals surface area (Å²) in [6.07, 6.45) is 3.34. The van der Waals surface area contributed by atoms with Crippen molar-refractivity contribution in [2.75, 3.05) is 13.2 Å². The van der Waals surface area contributed by atoms with E-state index in [4.69, 9.17) is 4.74 Å². The van der Waals surface area contributed by atoms with E-state index in [1.807, 2.05) is 18.2 Å². The molecule has 106 valence electrons. The average Bonchev–Trinajstić information content (AvgIpc) is 2.41. The molecule has 0 aliphatic rings. The van der Waals surface area contributed by atoms with Crippen LogP contribution < -0.4 is 10.1 Å². The summed E-state index contributed by atoms with van der Waals surface area (Å²) in [4.78, 5) is 11.6. The average molecular weight is 263 g/mol. The minimum Gasteiger partial charge on any atom is -0.484 e. The zero-order chi connectivity index (χ0) is 14.1. The minimum absolute atomic E-state index is 0.0500. The number of rotatable bonds is 8. The normalized spacial score (nSPS) is 10.5. The first-order valence-electron chi connectivity index (χ1n) is 7.13. The summed E-state index contributed by atoms with van der Waals surface area (Å²) in [5.41, 5.74) is 1.22. The van der Waals surface area contributed by atoms with E-state index in [1.54, 1.807) is 0 Å². The van der Waals surface area contributed by atoms with Gasteiger partial charge in [0.15, 0.2) is 6.61 Å². The molecule has 1 N–H and O–H groups in total.